The molecule has 1 aromatic rings. The third-order valence-corrected chi connectivity index (χ3v) is 6.29. The number of nitrogens with zero attached hydrogens (tertiary/aromatic N) is 1. The van der Waals surface area contributed by atoms with Crippen LogP contribution in [0.3, 0.4) is 0 Å². The summed E-state index contributed by atoms with van der Waals surface area (Å²) in [5.41, 5.74) is -1.04. The van der Waals surface area contributed by atoms with Gasteiger partial charge in [0.25, 0.3) is 0 Å². The number of sulfonamides is 1. The van der Waals surface area contributed by atoms with Gasteiger partial charge in [0.1, 0.15) is 4.90 Å². The Hall–Kier alpha value is -0.830. The molecule has 22 heavy (non-hydrogen) atoms. The van der Waals surface area contributed by atoms with E-state index in [0.717, 1.165) is 12.1 Å². The molecule has 0 spiro atoms. The third kappa shape index (κ3) is 3.24. The summed E-state index contributed by atoms with van der Waals surface area (Å²) in [7, 11) is -4.10. The van der Waals surface area contributed by atoms with Gasteiger partial charge in [0.2, 0.25) is 10.0 Å². The van der Waals surface area contributed by atoms with Gasteiger partial charge in [-0.1, -0.05) is 11.6 Å². The van der Waals surface area contributed by atoms with Gasteiger partial charge in [0, 0.05) is 25.2 Å². The van der Waals surface area contributed by atoms with Gasteiger partial charge in [-0.3, -0.25) is 0 Å². The molecule has 4 nitrogen and oxygen atoms in total. The maximum atomic E-state index is 12.8. The lowest BCUT2D eigenvalue weighted by Gasteiger charge is -2.37. The van der Waals surface area contributed by atoms with Gasteiger partial charge in [0.15, 0.2) is 0 Å². The zero-order valence-electron chi connectivity index (χ0n) is 12.0. The van der Waals surface area contributed by atoms with Crippen molar-refractivity contribution < 1.29 is 21.6 Å². The van der Waals surface area contributed by atoms with E-state index in [1.165, 1.54) is 4.31 Å². The van der Waals surface area contributed by atoms with E-state index < -0.39 is 26.7 Å². The van der Waals surface area contributed by atoms with Crippen LogP contribution < -0.4 is 5.32 Å². The molecule has 1 fully saturated rings. The second-order valence-corrected chi connectivity index (χ2v) is 7.51. The van der Waals surface area contributed by atoms with Crippen molar-refractivity contribution in [1.82, 2.24) is 9.62 Å². The third-order valence-electron chi connectivity index (χ3n) is 3.82. The molecule has 0 aromatic heterocycles. The molecule has 1 N–H and O–H groups in total. The normalized spacial score (nSPS) is 24.5. The Balaban J connectivity index is 2.49. The second-order valence-electron chi connectivity index (χ2n) is 5.24. The first-order chi connectivity index (χ1) is 10.0. The molecule has 0 radical (unpaired) electrons. The highest BCUT2D eigenvalue weighted by Gasteiger charge is 2.38. The maximum absolute atomic E-state index is 12.8. The summed E-state index contributed by atoms with van der Waals surface area (Å²) in [5.74, 6) is 0. The summed E-state index contributed by atoms with van der Waals surface area (Å²) < 4.78 is 65.0. The number of rotatable bonds is 2. The molecular weight excluding hydrogens is 341 g/mol. The van der Waals surface area contributed by atoms with E-state index in [0.29, 0.717) is 12.6 Å². The van der Waals surface area contributed by atoms with Crippen LogP contribution in [0.25, 0.3) is 0 Å². The molecule has 0 aliphatic carbocycles. The molecule has 1 aliphatic heterocycles. The molecule has 1 saturated heterocycles. The predicted octanol–water partition coefficient (Wildman–Crippen LogP) is 2.73. The van der Waals surface area contributed by atoms with Crippen LogP contribution in [0.1, 0.15) is 19.4 Å². The molecule has 1 aliphatic rings. The Morgan fingerprint density at radius 1 is 1.32 bits per heavy atom. The summed E-state index contributed by atoms with van der Waals surface area (Å²) >= 11 is 5.85. The van der Waals surface area contributed by atoms with E-state index in [9.17, 15) is 21.6 Å². The van der Waals surface area contributed by atoms with E-state index in [1.807, 2.05) is 6.92 Å². The number of benzene rings is 1. The van der Waals surface area contributed by atoms with Crippen LogP contribution >= 0.6 is 11.6 Å². The van der Waals surface area contributed by atoms with Crippen LogP contribution in [0.4, 0.5) is 13.2 Å². The summed E-state index contributed by atoms with van der Waals surface area (Å²) in [6.07, 6.45) is -4.63. The van der Waals surface area contributed by atoms with Gasteiger partial charge in [-0.2, -0.15) is 17.5 Å². The number of hydrogen-bond acceptors (Lipinski definition) is 3. The van der Waals surface area contributed by atoms with Crippen LogP contribution in [-0.2, 0) is 16.2 Å². The lowest BCUT2D eigenvalue weighted by Crippen LogP contribution is -2.57. The highest BCUT2D eigenvalue weighted by molar-refractivity contribution is 7.89. The molecule has 9 heteroatoms. The van der Waals surface area contributed by atoms with E-state index in [4.69, 9.17) is 11.6 Å². The number of alkyl halides is 3. The van der Waals surface area contributed by atoms with Crippen LogP contribution in [-0.4, -0.2) is 37.9 Å². The standard InChI is InChI=1S/C13H16ClF3N2O2S/c1-8-9(2)19(6-5-18-8)22(20,21)12-7-10(13(15,16)17)3-4-11(12)14/h3-4,7-9,18H,5-6H2,1-2H3. The fourth-order valence-corrected chi connectivity index (χ4v) is 4.57. The lowest BCUT2D eigenvalue weighted by molar-refractivity contribution is -0.137. The van der Waals surface area contributed by atoms with Crippen molar-refractivity contribution in [2.24, 2.45) is 0 Å². The number of nitrogens with one attached hydrogen (secondary N) is 1. The minimum absolute atomic E-state index is 0.104. The number of hydrogen-bond donors (Lipinski definition) is 1. The summed E-state index contributed by atoms with van der Waals surface area (Å²) in [6.45, 7) is 4.14. The summed E-state index contributed by atoms with van der Waals surface area (Å²) in [5, 5.41) is 2.90. The van der Waals surface area contributed by atoms with E-state index in [2.05, 4.69) is 5.32 Å². The monoisotopic (exact) mass is 356 g/mol. The quantitative estimate of drug-likeness (QED) is 0.886. The van der Waals surface area contributed by atoms with Crippen molar-refractivity contribution in [3.63, 3.8) is 0 Å². The highest BCUT2D eigenvalue weighted by Crippen LogP contribution is 2.35. The van der Waals surface area contributed by atoms with Crippen LogP contribution in [0, 0.1) is 0 Å². The van der Waals surface area contributed by atoms with Crippen molar-refractivity contribution >= 4 is 21.6 Å². The van der Waals surface area contributed by atoms with Gasteiger partial charge >= 0.3 is 6.18 Å². The van der Waals surface area contributed by atoms with Gasteiger partial charge in [-0.25, -0.2) is 8.42 Å². The zero-order valence-corrected chi connectivity index (χ0v) is 13.6. The van der Waals surface area contributed by atoms with E-state index in [-0.39, 0.29) is 23.7 Å². The smallest absolute Gasteiger partial charge is 0.311 e. The first kappa shape index (κ1) is 17.5. The molecule has 1 aromatic carbocycles. The Labute approximate surface area is 132 Å². The Kier molecular flexibility index (Phi) is 4.77. The molecule has 2 rings (SSSR count). The number of piperazine rings is 1. The molecule has 1 heterocycles. The Bertz CT molecular complexity index is 664. The van der Waals surface area contributed by atoms with Gasteiger partial charge < -0.3 is 5.32 Å². The van der Waals surface area contributed by atoms with Gasteiger partial charge in [-0.15, -0.1) is 0 Å². The van der Waals surface area contributed by atoms with Crippen molar-refractivity contribution in [2.75, 3.05) is 13.1 Å². The van der Waals surface area contributed by atoms with Crippen molar-refractivity contribution in [1.29, 1.82) is 0 Å². The Morgan fingerprint density at radius 2 is 1.95 bits per heavy atom. The average Bonchev–Trinajstić information content (AvgIpc) is 2.40. The van der Waals surface area contributed by atoms with Gasteiger partial charge in [0.05, 0.1) is 10.6 Å². The second kappa shape index (κ2) is 5.99. The topological polar surface area (TPSA) is 49.4 Å². The molecule has 2 atom stereocenters. The summed E-state index contributed by atoms with van der Waals surface area (Å²) in [6, 6.07) is 1.84. The lowest BCUT2D eigenvalue weighted by atomic mass is 10.1. The van der Waals surface area contributed by atoms with Crippen LogP contribution in [0.2, 0.25) is 5.02 Å². The average molecular weight is 357 g/mol. The minimum Gasteiger partial charge on any atom is -0.311 e. The van der Waals surface area contributed by atoms with Gasteiger partial charge in [-0.05, 0) is 32.0 Å². The Morgan fingerprint density at radius 3 is 2.55 bits per heavy atom. The largest absolute Gasteiger partial charge is 0.416 e. The molecule has 0 saturated carbocycles. The highest BCUT2D eigenvalue weighted by atomic mass is 35.5. The van der Waals surface area contributed by atoms with E-state index in [1.54, 1.807) is 6.92 Å². The number of halogens is 4. The molecule has 0 amide bonds. The van der Waals surface area contributed by atoms with Crippen molar-refractivity contribution in [3.05, 3.63) is 28.8 Å². The fourth-order valence-electron chi connectivity index (χ4n) is 2.37. The van der Waals surface area contributed by atoms with Crippen LogP contribution in [0.15, 0.2) is 23.1 Å². The zero-order chi connectivity index (χ0) is 16.7. The first-order valence-electron chi connectivity index (χ1n) is 6.67. The molecule has 0 bridgehead atoms. The molecule has 124 valence electrons. The maximum Gasteiger partial charge on any atom is 0.416 e. The fraction of sp³-hybridized carbons (Fsp3) is 0.538. The van der Waals surface area contributed by atoms with Crippen LogP contribution in [0.5, 0.6) is 0 Å². The first-order valence-corrected chi connectivity index (χ1v) is 8.49. The molecular formula is C13H16ClF3N2O2S. The summed E-state index contributed by atoms with van der Waals surface area (Å²) in [4.78, 5) is -0.509. The minimum atomic E-state index is -4.63. The van der Waals surface area contributed by atoms with E-state index >= 15 is 0 Å². The predicted molar refractivity (Wildman–Crippen MR) is 77.3 cm³/mol. The van der Waals surface area contributed by atoms with Crippen molar-refractivity contribution in [3.8, 4) is 0 Å². The van der Waals surface area contributed by atoms with Crippen molar-refractivity contribution in [2.45, 2.75) is 37.0 Å². The molecule has 2 unspecified atom stereocenters. The SMILES string of the molecule is CC1NCCN(S(=O)(=O)c2cc(C(F)(F)F)ccc2Cl)C1C.